The quantitative estimate of drug-likeness (QED) is 0.853. The number of aromatic nitrogens is 1. The van der Waals surface area contributed by atoms with Crippen molar-refractivity contribution in [2.75, 3.05) is 13.7 Å². The summed E-state index contributed by atoms with van der Waals surface area (Å²) in [4.78, 5) is 4.27. The van der Waals surface area contributed by atoms with Crippen LogP contribution in [0.3, 0.4) is 0 Å². The molecule has 0 aliphatic heterocycles. The van der Waals surface area contributed by atoms with Gasteiger partial charge in [0.2, 0.25) is 5.89 Å². The second kappa shape index (κ2) is 4.81. The zero-order valence-electron chi connectivity index (χ0n) is 9.01. The van der Waals surface area contributed by atoms with Crippen molar-refractivity contribution in [1.29, 1.82) is 0 Å². The highest BCUT2D eigenvalue weighted by Gasteiger charge is 2.10. The molecule has 84 valence electrons. The van der Waals surface area contributed by atoms with Crippen molar-refractivity contribution < 1.29 is 14.3 Å². The number of nitrogens with zero attached hydrogens (tertiary/aromatic N) is 1. The highest BCUT2D eigenvalue weighted by molar-refractivity contribution is 5.62. The second-order valence-electron chi connectivity index (χ2n) is 3.32. The van der Waals surface area contributed by atoms with Crippen molar-refractivity contribution >= 4 is 0 Å². The molecule has 0 saturated carbocycles. The molecule has 0 amide bonds. The Morgan fingerprint density at radius 1 is 1.38 bits per heavy atom. The van der Waals surface area contributed by atoms with Gasteiger partial charge in [-0.2, -0.15) is 0 Å². The fourth-order valence-electron chi connectivity index (χ4n) is 1.48. The Morgan fingerprint density at radius 2 is 2.19 bits per heavy atom. The Bertz CT molecular complexity index is 465. The van der Waals surface area contributed by atoms with E-state index in [1.165, 1.54) is 0 Å². The summed E-state index contributed by atoms with van der Waals surface area (Å²) >= 11 is 0. The number of hydrogen-bond donors (Lipinski definition) is 1. The Labute approximate surface area is 93.5 Å². The van der Waals surface area contributed by atoms with Gasteiger partial charge in [0.25, 0.3) is 0 Å². The van der Waals surface area contributed by atoms with Crippen LogP contribution in [0.15, 0.2) is 34.9 Å². The fraction of sp³-hybridized carbons (Fsp3) is 0.250. The van der Waals surface area contributed by atoms with Crippen molar-refractivity contribution in [1.82, 2.24) is 4.98 Å². The molecule has 0 unspecified atom stereocenters. The molecule has 0 saturated heterocycles. The van der Waals surface area contributed by atoms with E-state index in [4.69, 9.17) is 14.3 Å². The number of para-hydroxylation sites is 1. The van der Waals surface area contributed by atoms with E-state index in [0.717, 1.165) is 17.0 Å². The van der Waals surface area contributed by atoms with Crippen LogP contribution in [0.1, 0.15) is 5.69 Å². The summed E-state index contributed by atoms with van der Waals surface area (Å²) in [5.74, 6) is 1.24. The summed E-state index contributed by atoms with van der Waals surface area (Å²) in [6.45, 7) is 0.0674. The van der Waals surface area contributed by atoms with Crippen molar-refractivity contribution in [2.24, 2.45) is 0 Å². The third-order valence-electron chi connectivity index (χ3n) is 2.26. The molecular formula is C12H13NO3. The van der Waals surface area contributed by atoms with E-state index in [0.29, 0.717) is 12.3 Å². The van der Waals surface area contributed by atoms with Crippen molar-refractivity contribution in [2.45, 2.75) is 6.42 Å². The fourth-order valence-corrected chi connectivity index (χ4v) is 1.48. The molecule has 2 aromatic rings. The molecule has 4 heteroatoms. The van der Waals surface area contributed by atoms with Crippen LogP contribution < -0.4 is 4.74 Å². The predicted octanol–water partition coefficient (Wildman–Crippen LogP) is 1.89. The Morgan fingerprint density at radius 3 is 2.94 bits per heavy atom. The molecule has 16 heavy (non-hydrogen) atoms. The largest absolute Gasteiger partial charge is 0.496 e. The van der Waals surface area contributed by atoms with Crippen LogP contribution in [-0.2, 0) is 6.42 Å². The maximum Gasteiger partial charge on any atom is 0.229 e. The third kappa shape index (κ3) is 2.06. The normalized spacial score (nSPS) is 10.4. The van der Waals surface area contributed by atoms with Crippen LogP contribution in [-0.4, -0.2) is 23.8 Å². The van der Waals surface area contributed by atoms with E-state index in [1.807, 2.05) is 24.3 Å². The van der Waals surface area contributed by atoms with Gasteiger partial charge in [0.15, 0.2) is 0 Å². The minimum atomic E-state index is 0.0674. The zero-order chi connectivity index (χ0) is 11.4. The number of aliphatic hydroxyl groups excluding tert-OH is 1. The van der Waals surface area contributed by atoms with Crippen LogP contribution in [0.5, 0.6) is 5.75 Å². The van der Waals surface area contributed by atoms with Crippen molar-refractivity contribution in [3.05, 3.63) is 36.2 Å². The molecule has 0 bridgehead atoms. The first kappa shape index (κ1) is 10.7. The predicted molar refractivity (Wildman–Crippen MR) is 59.3 cm³/mol. The minimum absolute atomic E-state index is 0.0674. The third-order valence-corrected chi connectivity index (χ3v) is 2.26. The van der Waals surface area contributed by atoms with Gasteiger partial charge in [0.1, 0.15) is 12.0 Å². The monoisotopic (exact) mass is 219 g/mol. The molecule has 0 aliphatic rings. The smallest absolute Gasteiger partial charge is 0.229 e. The lowest BCUT2D eigenvalue weighted by molar-refractivity contribution is 0.298. The SMILES string of the molecule is COc1ccccc1-c1nc(CCO)co1. The number of oxazole rings is 1. The molecule has 0 atom stereocenters. The maximum absolute atomic E-state index is 8.79. The maximum atomic E-state index is 8.79. The van der Waals surface area contributed by atoms with Gasteiger partial charge in [-0.3, -0.25) is 0 Å². The number of benzene rings is 1. The molecular weight excluding hydrogens is 206 g/mol. The number of ether oxygens (including phenoxy) is 1. The summed E-state index contributed by atoms with van der Waals surface area (Å²) in [5.41, 5.74) is 1.55. The van der Waals surface area contributed by atoms with Crippen molar-refractivity contribution in [3.63, 3.8) is 0 Å². The van der Waals surface area contributed by atoms with Gasteiger partial charge in [0.05, 0.1) is 18.4 Å². The lowest BCUT2D eigenvalue weighted by atomic mass is 10.2. The highest BCUT2D eigenvalue weighted by atomic mass is 16.5. The molecule has 1 aromatic carbocycles. The number of methoxy groups -OCH3 is 1. The number of rotatable bonds is 4. The summed E-state index contributed by atoms with van der Waals surface area (Å²) in [6.07, 6.45) is 2.05. The summed E-state index contributed by atoms with van der Waals surface area (Å²) < 4.78 is 10.6. The Kier molecular flexibility index (Phi) is 3.22. The summed E-state index contributed by atoms with van der Waals surface area (Å²) in [6, 6.07) is 7.52. The number of aliphatic hydroxyl groups is 1. The molecule has 2 rings (SSSR count). The molecule has 1 heterocycles. The molecule has 0 radical (unpaired) electrons. The molecule has 1 N–H and O–H groups in total. The van der Waals surface area contributed by atoms with Crippen molar-refractivity contribution in [3.8, 4) is 17.2 Å². The summed E-state index contributed by atoms with van der Waals surface area (Å²) in [5, 5.41) is 8.79. The molecule has 0 fully saturated rings. The zero-order valence-corrected chi connectivity index (χ0v) is 9.01. The van der Waals surface area contributed by atoms with E-state index < -0.39 is 0 Å². The van der Waals surface area contributed by atoms with E-state index in [2.05, 4.69) is 4.98 Å². The summed E-state index contributed by atoms with van der Waals surface area (Å²) in [7, 11) is 1.61. The first-order valence-corrected chi connectivity index (χ1v) is 5.04. The number of hydrogen-bond acceptors (Lipinski definition) is 4. The molecule has 0 spiro atoms. The van der Waals surface area contributed by atoms with Gasteiger partial charge >= 0.3 is 0 Å². The van der Waals surface area contributed by atoms with Crippen LogP contribution in [0.25, 0.3) is 11.5 Å². The average Bonchev–Trinajstić information content (AvgIpc) is 2.78. The van der Waals surface area contributed by atoms with Gasteiger partial charge < -0.3 is 14.3 Å². The average molecular weight is 219 g/mol. The van der Waals surface area contributed by atoms with Gasteiger partial charge in [-0.25, -0.2) is 4.98 Å². The standard InChI is InChI=1S/C12H13NO3/c1-15-11-5-3-2-4-10(11)12-13-9(6-7-14)8-16-12/h2-5,8,14H,6-7H2,1H3. The van der Waals surface area contributed by atoms with Crippen LogP contribution in [0.2, 0.25) is 0 Å². The Hall–Kier alpha value is -1.81. The molecule has 1 aromatic heterocycles. The van der Waals surface area contributed by atoms with E-state index >= 15 is 0 Å². The van der Waals surface area contributed by atoms with Crippen LogP contribution in [0, 0.1) is 0 Å². The molecule has 0 aliphatic carbocycles. The topological polar surface area (TPSA) is 55.5 Å². The van der Waals surface area contributed by atoms with Gasteiger partial charge in [-0.05, 0) is 12.1 Å². The van der Waals surface area contributed by atoms with Gasteiger partial charge in [-0.1, -0.05) is 12.1 Å². The van der Waals surface area contributed by atoms with Gasteiger partial charge in [0, 0.05) is 13.0 Å². The highest BCUT2D eigenvalue weighted by Crippen LogP contribution is 2.28. The van der Waals surface area contributed by atoms with Crippen LogP contribution >= 0.6 is 0 Å². The van der Waals surface area contributed by atoms with E-state index in [1.54, 1.807) is 13.4 Å². The second-order valence-corrected chi connectivity index (χ2v) is 3.32. The minimum Gasteiger partial charge on any atom is -0.496 e. The lowest BCUT2D eigenvalue weighted by Gasteiger charge is -2.03. The first-order chi connectivity index (χ1) is 7.85. The first-order valence-electron chi connectivity index (χ1n) is 5.04. The van der Waals surface area contributed by atoms with Gasteiger partial charge in [-0.15, -0.1) is 0 Å². The van der Waals surface area contributed by atoms with E-state index in [-0.39, 0.29) is 6.61 Å². The lowest BCUT2D eigenvalue weighted by Crippen LogP contribution is -1.91. The van der Waals surface area contributed by atoms with Crippen LogP contribution in [0.4, 0.5) is 0 Å². The molecule has 4 nitrogen and oxygen atoms in total. The van der Waals surface area contributed by atoms with E-state index in [9.17, 15) is 0 Å². The Balaban J connectivity index is 2.34.